The molecule has 48 heavy (non-hydrogen) atoms. The molecule has 2 aliphatic rings. The molecular formula is C38H44N4O4S2. The number of aryl methyl sites for hydroxylation is 2. The molecule has 0 aliphatic carbocycles. The maximum Gasteiger partial charge on any atom is 0.349 e. The predicted octanol–water partition coefficient (Wildman–Crippen LogP) is 6.62. The van der Waals surface area contributed by atoms with Crippen molar-refractivity contribution in [2.75, 3.05) is 49.2 Å². The number of nitrogens with zero attached hydrogens (tertiary/aromatic N) is 4. The smallest absolute Gasteiger partial charge is 0.349 e. The van der Waals surface area contributed by atoms with Crippen LogP contribution in [0.1, 0.15) is 22.3 Å². The Bertz CT molecular complexity index is 1590. The fraction of sp³-hybridized carbons (Fsp3) is 0.316. The Morgan fingerprint density at radius 3 is 1.33 bits per heavy atom. The Hall–Kier alpha value is -3.96. The lowest BCUT2D eigenvalue weighted by atomic mass is 10.2. The summed E-state index contributed by atoms with van der Waals surface area (Å²) in [5.41, 5.74) is 5.01. The van der Waals surface area contributed by atoms with Gasteiger partial charge in [0, 0.05) is 62.2 Å². The summed E-state index contributed by atoms with van der Waals surface area (Å²) in [6.45, 7) is 6.70. The van der Waals surface area contributed by atoms with Crippen LogP contribution < -0.4 is 0 Å². The Morgan fingerprint density at radius 1 is 0.604 bits per heavy atom. The number of hydroxylamine groups is 4. The van der Waals surface area contributed by atoms with Crippen molar-refractivity contribution in [2.45, 2.75) is 35.4 Å². The van der Waals surface area contributed by atoms with Gasteiger partial charge in [0.15, 0.2) is 0 Å². The Labute approximate surface area is 286 Å². The molecule has 2 aromatic heterocycles. The standard InChI is InChI=1S/C38H44N4O4S2/c1-31-11-9-19-39-37(31)47(29-33-13-5-3-6-14-33)25-21-41(22-26-47)45-35(43)17-18-36(44)46-42-23-27-48(28-24-42,30-34-15-7-4-8-16-34)38-32(2)12-10-20-40-38/h3-20H,21-30H2,1-2H3/b18-17+. The lowest BCUT2D eigenvalue weighted by molar-refractivity contribution is -0.185. The third kappa shape index (κ3) is 8.18. The van der Waals surface area contributed by atoms with Crippen molar-refractivity contribution < 1.29 is 19.3 Å². The zero-order chi connectivity index (χ0) is 33.4. The van der Waals surface area contributed by atoms with E-state index in [4.69, 9.17) is 19.6 Å². The van der Waals surface area contributed by atoms with Gasteiger partial charge in [-0.15, -0.1) is 10.1 Å². The molecule has 8 nitrogen and oxygen atoms in total. The van der Waals surface area contributed by atoms with Gasteiger partial charge in [-0.2, -0.15) is 20.1 Å². The van der Waals surface area contributed by atoms with E-state index >= 15 is 0 Å². The van der Waals surface area contributed by atoms with Crippen LogP contribution in [0.2, 0.25) is 0 Å². The number of pyridine rings is 2. The molecule has 2 aliphatic heterocycles. The second-order valence-corrected chi connectivity index (χ2v) is 19.6. The van der Waals surface area contributed by atoms with Crippen LogP contribution in [-0.4, -0.2) is 81.2 Å². The van der Waals surface area contributed by atoms with Gasteiger partial charge in [-0.3, -0.25) is 9.97 Å². The Morgan fingerprint density at radius 2 is 0.979 bits per heavy atom. The first-order valence-electron chi connectivity index (χ1n) is 16.4. The lowest BCUT2D eigenvalue weighted by Crippen LogP contribution is -2.41. The number of hydrogen-bond donors (Lipinski definition) is 0. The first kappa shape index (κ1) is 33.9. The van der Waals surface area contributed by atoms with Gasteiger partial charge >= 0.3 is 11.9 Å². The largest absolute Gasteiger partial charge is 0.364 e. The van der Waals surface area contributed by atoms with Crippen molar-refractivity contribution in [3.05, 3.63) is 132 Å². The van der Waals surface area contributed by atoms with Gasteiger partial charge in [0.05, 0.1) is 10.1 Å². The molecule has 4 heterocycles. The summed E-state index contributed by atoms with van der Waals surface area (Å²) < 4.78 is 0. The molecule has 0 bridgehead atoms. The molecule has 0 radical (unpaired) electrons. The number of hydrogen-bond acceptors (Lipinski definition) is 8. The van der Waals surface area contributed by atoms with E-state index in [1.54, 1.807) is 10.1 Å². The van der Waals surface area contributed by atoms with Gasteiger partial charge < -0.3 is 9.68 Å². The molecule has 0 saturated carbocycles. The molecular weight excluding hydrogens is 641 g/mol. The number of aromatic nitrogens is 2. The molecule has 252 valence electrons. The summed E-state index contributed by atoms with van der Waals surface area (Å²) in [6, 6.07) is 29.3. The van der Waals surface area contributed by atoms with E-state index in [2.05, 4.69) is 74.5 Å². The van der Waals surface area contributed by atoms with Gasteiger partial charge in [0.2, 0.25) is 0 Å². The highest BCUT2D eigenvalue weighted by Crippen LogP contribution is 2.60. The van der Waals surface area contributed by atoms with Gasteiger partial charge in [0.1, 0.15) is 0 Å². The second-order valence-electron chi connectivity index (χ2n) is 12.4. The van der Waals surface area contributed by atoms with Crippen molar-refractivity contribution in [3.8, 4) is 0 Å². The number of carbonyl (C=O) groups is 2. The first-order chi connectivity index (χ1) is 23.3. The van der Waals surface area contributed by atoms with E-state index in [0.717, 1.165) is 46.7 Å². The zero-order valence-electron chi connectivity index (χ0n) is 27.7. The Kier molecular flexibility index (Phi) is 11.0. The molecule has 0 amide bonds. The summed E-state index contributed by atoms with van der Waals surface area (Å²) in [5.74, 6) is 4.24. The van der Waals surface area contributed by atoms with E-state index in [9.17, 15) is 9.59 Å². The molecule has 2 saturated heterocycles. The summed E-state index contributed by atoms with van der Waals surface area (Å²) >= 11 is 0. The molecule has 0 atom stereocenters. The molecule has 2 fully saturated rings. The highest BCUT2D eigenvalue weighted by molar-refractivity contribution is 8.33. The SMILES string of the molecule is Cc1cccnc1S1(Cc2ccccc2)CCN(OC(=O)/C=C/C(=O)ON2CCS(Cc3ccccc3)(c3ncccc3C)CC2)CC1. The second kappa shape index (κ2) is 15.5. The van der Waals surface area contributed by atoms with Crippen LogP contribution in [0.4, 0.5) is 0 Å². The van der Waals surface area contributed by atoms with E-state index < -0.39 is 32.0 Å². The van der Waals surface area contributed by atoms with Crippen molar-refractivity contribution in [1.82, 2.24) is 20.1 Å². The van der Waals surface area contributed by atoms with Crippen molar-refractivity contribution >= 4 is 32.0 Å². The molecule has 0 N–H and O–H groups in total. The predicted molar refractivity (Wildman–Crippen MR) is 194 cm³/mol. The van der Waals surface area contributed by atoms with Crippen LogP contribution in [-0.2, 0) is 30.8 Å². The third-order valence-electron chi connectivity index (χ3n) is 9.03. The van der Waals surface area contributed by atoms with Crippen LogP contribution >= 0.6 is 20.1 Å². The van der Waals surface area contributed by atoms with Crippen molar-refractivity contribution in [1.29, 1.82) is 0 Å². The van der Waals surface area contributed by atoms with Crippen LogP contribution in [0.15, 0.2) is 120 Å². The van der Waals surface area contributed by atoms with Crippen LogP contribution in [0.3, 0.4) is 0 Å². The number of carbonyl (C=O) groups excluding carboxylic acids is 2. The average Bonchev–Trinajstić information content (AvgIpc) is 3.10. The van der Waals surface area contributed by atoms with Crippen molar-refractivity contribution in [3.63, 3.8) is 0 Å². The van der Waals surface area contributed by atoms with E-state index in [1.165, 1.54) is 32.3 Å². The highest BCUT2D eigenvalue weighted by Gasteiger charge is 2.36. The molecule has 0 spiro atoms. The highest BCUT2D eigenvalue weighted by atomic mass is 32.3. The molecule has 4 aromatic rings. The monoisotopic (exact) mass is 684 g/mol. The number of rotatable bonds is 10. The minimum atomic E-state index is -1.26. The lowest BCUT2D eigenvalue weighted by Gasteiger charge is -2.46. The van der Waals surface area contributed by atoms with E-state index in [-0.39, 0.29) is 0 Å². The van der Waals surface area contributed by atoms with Gasteiger partial charge in [-0.05, 0) is 71.2 Å². The topological polar surface area (TPSA) is 84.9 Å². The van der Waals surface area contributed by atoms with Crippen LogP contribution in [0, 0.1) is 13.8 Å². The number of benzene rings is 2. The fourth-order valence-electron chi connectivity index (χ4n) is 6.62. The summed E-state index contributed by atoms with van der Waals surface area (Å²) in [7, 11) is -2.52. The fourth-order valence-corrected chi connectivity index (χ4v) is 14.6. The first-order valence-corrected chi connectivity index (χ1v) is 20.7. The normalized spacial score (nSPS) is 19.3. The third-order valence-corrected chi connectivity index (χ3v) is 17.2. The molecule has 6 rings (SSSR count). The van der Waals surface area contributed by atoms with E-state index in [0.29, 0.717) is 26.2 Å². The zero-order valence-corrected chi connectivity index (χ0v) is 29.3. The minimum absolute atomic E-state index is 0.581. The summed E-state index contributed by atoms with van der Waals surface area (Å²) in [5, 5.41) is 5.81. The van der Waals surface area contributed by atoms with Crippen LogP contribution in [0.5, 0.6) is 0 Å². The summed E-state index contributed by atoms with van der Waals surface area (Å²) in [4.78, 5) is 46.5. The van der Waals surface area contributed by atoms with Gasteiger partial charge in [-0.1, -0.05) is 72.8 Å². The summed E-state index contributed by atoms with van der Waals surface area (Å²) in [6.07, 6.45) is 6.09. The van der Waals surface area contributed by atoms with Gasteiger partial charge in [-0.25, -0.2) is 9.59 Å². The van der Waals surface area contributed by atoms with Crippen LogP contribution in [0.25, 0.3) is 0 Å². The average molecular weight is 685 g/mol. The van der Waals surface area contributed by atoms with Gasteiger partial charge in [0.25, 0.3) is 0 Å². The maximum atomic E-state index is 12.8. The quantitative estimate of drug-likeness (QED) is 0.172. The molecule has 10 heteroatoms. The Balaban J connectivity index is 1.02. The molecule has 2 aromatic carbocycles. The minimum Gasteiger partial charge on any atom is -0.364 e. The maximum absolute atomic E-state index is 12.8. The van der Waals surface area contributed by atoms with E-state index in [1.807, 2.05) is 36.7 Å². The van der Waals surface area contributed by atoms with Crippen molar-refractivity contribution in [2.24, 2.45) is 0 Å². The molecule has 0 unspecified atom stereocenters.